The molecular weight excluding hydrogens is 138 g/mol. The molecule has 1 aromatic rings. The summed E-state index contributed by atoms with van der Waals surface area (Å²) in [6.45, 7) is 0. The Morgan fingerprint density at radius 3 is 2.75 bits per heavy atom. The summed E-state index contributed by atoms with van der Waals surface area (Å²) in [6, 6.07) is 1.79. The minimum Gasteiger partial charge on any atom is -0.263 e. The van der Waals surface area contributed by atoms with E-state index < -0.39 is 0 Å². The third kappa shape index (κ3) is 1.08. The highest BCUT2D eigenvalue weighted by Crippen LogP contribution is 1.97. The van der Waals surface area contributed by atoms with Gasteiger partial charge in [0.2, 0.25) is 0 Å². The SMILES string of the molecule is [Si]c1ccncc1Cl. The van der Waals surface area contributed by atoms with Crippen LogP contribution in [0.4, 0.5) is 0 Å². The first kappa shape index (κ1) is 5.79. The Labute approximate surface area is 56.1 Å². The van der Waals surface area contributed by atoms with Crippen LogP contribution in [0.1, 0.15) is 0 Å². The molecule has 0 aliphatic carbocycles. The number of halogens is 1. The van der Waals surface area contributed by atoms with Crippen molar-refractivity contribution < 1.29 is 0 Å². The zero-order valence-corrected chi connectivity index (χ0v) is 5.81. The second-order valence-electron chi connectivity index (χ2n) is 1.36. The second kappa shape index (κ2) is 2.28. The smallest absolute Gasteiger partial charge is 0.0734 e. The van der Waals surface area contributed by atoms with Crippen LogP contribution < -0.4 is 5.19 Å². The molecule has 0 aliphatic rings. The molecule has 0 spiro atoms. The number of aromatic nitrogens is 1. The fourth-order valence-electron chi connectivity index (χ4n) is 0.375. The van der Waals surface area contributed by atoms with Crippen LogP contribution in [0.25, 0.3) is 0 Å². The molecule has 0 saturated heterocycles. The molecule has 0 N–H and O–H groups in total. The summed E-state index contributed by atoms with van der Waals surface area (Å²) in [7, 11) is 3.27. The normalized spacial score (nSPS) is 9.25. The van der Waals surface area contributed by atoms with E-state index in [1.54, 1.807) is 18.5 Å². The predicted molar refractivity (Wildman–Crippen MR) is 34.6 cm³/mol. The molecule has 39 valence electrons. The lowest BCUT2D eigenvalue weighted by molar-refractivity contribution is 1.34. The average molecular weight is 141 g/mol. The Kier molecular flexibility index (Phi) is 1.65. The van der Waals surface area contributed by atoms with Gasteiger partial charge in [0.15, 0.2) is 0 Å². The van der Waals surface area contributed by atoms with E-state index in [0.717, 1.165) is 5.19 Å². The van der Waals surface area contributed by atoms with E-state index in [1.165, 1.54) is 0 Å². The quantitative estimate of drug-likeness (QED) is 0.479. The molecule has 0 fully saturated rings. The van der Waals surface area contributed by atoms with E-state index in [0.29, 0.717) is 5.02 Å². The number of pyridine rings is 1. The lowest BCUT2D eigenvalue weighted by atomic mass is 10.5. The van der Waals surface area contributed by atoms with E-state index >= 15 is 0 Å². The van der Waals surface area contributed by atoms with Crippen molar-refractivity contribution >= 4 is 27.0 Å². The highest BCUT2D eigenvalue weighted by Gasteiger charge is 1.87. The first-order chi connectivity index (χ1) is 3.80. The molecule has 0 bridgehead atoms. The molecule has 0 saturated carbocycles. The van der Waals surface area contributed by atoms with Crippen molar-refractivity contribution in [1.82, 2.24) is 4.98 Å². The number of rotatable bonds is 0. The largest absolute Gasteiger partial charge is 0.263 e. The Hall–Kier alpha value is -0.343. The van der Waals surface area contributed by atoms with Crippen LogP contribution in [-0.4, -0.2) is 15.2 Å². The van der Waals surface area contributed by atoms with Crippen LogP contribution in [0.3, 0.4) is 0 Å². The molecule has 0 aliphatic heterocycles. The fraction of sp³-hybridized carbons (Fsp3) is 0. The fourth-order valence-corrected chi connectivity index (χ4v) is 0.634. The Morgan fingerprint density at radius 1 is 1.62 bits per heavy atom. The van der Waals surface area contributed by atoms with Gasteiger partial charge < -0.3 is 0 Å². The number of nitrogens with zero attached hydrogens (tertiary/aromatic N) is 1. The second-order valence-corrected chi connectivity index (χ2v) is 2.30. The molecule has 1 rings (SSSR count). The highest BCUT2D eigenvalue weighted by atomic mass is 35.5. The van der Waals surface area contributed by atoms with Crippen LogP contribution in [0.15, 0.2) is 18.5 Å². The van der Waals surface area contributed by atoms with Crippen LogP contribution in [-0.2, 0) is 0 Å². The van der Waals surface area contributed by atoms with Gasteiger partial charge in [-0.2, -0.15) is 0 Å². The molecule has 0 amide bonds. The lowest BCUT2D eigenvalue weighted by Crippen LogP contribution is -2.02. The molecule has 0 unspecified atom stereocenters. The molecule has 0 atom stereocenters. The molecule has 0 aromatic carbocycles. The van der Waals surface area contributed by atoms with Crippen LogP contribution in [0, 0.1) is 0 Å². The van der Waals surface area contributed by atoms with Gasteiger partial charge in [0.1, 0.15) is 0 Å². The molecule has 3 heteroatoms. The maximum Gasteiger partial charge on any atom is 0.0734 e. The van der Waals surface area contributed by atoms with Crippen LogP contribution >= 0.6 is 11.6 Å². The third-order valence-electron chi connectivity index (χ3n) is 0.772. The molecule has 1 nitrogen and oxygen atoms in total. The van der Waals surface area contributed by atoms with Gasteiger partial charge >= 0.3 is 0 Å². The highest BCUT2D eigenvalue weighted by molar-refractivity contribution is 6.44. The maximum absolute atomic E-state index is 5.60. The molecular formula is C5H3ClNSi. The molecule has 1 aromatic heterocycles. The topological polar surface area (TPSA) is 12.9 Å². The Morgan fingerprint density at radius 2 is 2.38 bits per heavy atom. The summed E-state index contributed by atoms with van der Waals surface area (Å²) in [4.78, 5) is 3.78. The monoisotopic (exact) mass is 140 g/mol. The predicted octanol–water partition coefficient (Wildman–Crippen LogP) is 0.529. The van der Waals surface area contributed by atoms with E-state index in [-0.39, 0.29) is 0 Å². The Bertz CT molecular complexity index is 169. The third-order valence-corrected chi connectivity index (χ3v) is 1.67. The lowest BCUT2D eigenvalue weighted by Gasteiger charge is -1.90. The zero-order chi connectivity index (χ0) is 5.98. The van der Waals surface area contributed by atoms with E-state index in [1.807, 2.05) is 0 Å². The minimum absolute atomic E-state index is 0.643. The molecule has 3 radical (unpaired) electrons. The van der Waals surface area contributed by atoms with Crippen molar-refractivity contribution in [3.05, 3.63) is 23.5 Å². The summed E-state index contributed by atoms with van der Waals surface area (Å²) < 4.78 is 0. The van der Waals surface area contributed by atoms with Crippen molar-refractivity contribution in [3.8, 4) is 0 Å². The summed E-state index contributed by atoms with van der Waals surface area (Å²) in [5.41, 5.74) is 0. The summed E-state index contributed by atoms with van der Waals surface area (Å²) in [6.07, 6.45) is 3.26. The van der Waals surface area contributed by atoms with Gasteiger partial charge in [-0.05, 0) is 11.3 Å². The molecule has 1 heterocycles. The Balaban J connectivity index is 3.13. The van der Waals surface area contributed by atoms with Gasteiger partial charge in [0.05, 0.1) is 15.3 Å². The first-order valence-electron chi connectivity index (χ1n) is 2.12. The maximum atomic E-state index is 5.60. The van der Waals surface area contributed by atoms with Gasteiger partial charge in [0, 0.05) is 12.4 Å². The minimum atomic E-state index is 0.643. The van der Waals surface area contributed by atoms with Gasteiger partial charge in [0.25, 0.3) is 0 Å². The molecule has 8 heavy (non-hydrogen) atoms. The number of hydrogen-bond acceptors (Lipinski definition) is 1. The summed E-state index contributed by atoms with van der Waals surface area (Å²) in [5.74, 6) is 0. The number of hydrogen-bond donors (Lipinski definition) is 0. The van der Waals surface area contributed by atoms with Crippen LogP contribution in [0.5, 0.6) is 0 Å². The van der Waals surface area contributed by atoms with Crippen molar-refractivity contribution in [2.45, 2.75) is 0 Å². The van der Waals surface area contributed by atoms with Crippen molar-refractivity contribution in [3.63, 3.8) is 0 Å². The zero-order valence-electron chi connectivity index (χ0n) is 4.06. The van der Waals surface area contributed by atoms with Gasteiger partial charge in [-0.15, -0.1) is 0 Å². The van der Waals surface area contributed by atoms with Gasteiger partial charge in [-0.25, -0.2) is 0 Å². The standard InChI is InChI=1S/C5H3ClNSi/c6-4-3-7-2-1-5(4)8/h1-3H. The van der Waals surface area contributed by atoms with E-state index in [4.69, 9.17) is 11.6 Å². The van der Waals surface area contributed by atoms with E-state index in [2.05, 4.69) is 15.2 Å². The van der Waals surface area contributed by atoms with Gasteiger partial charge in [-0.3, -0.25) is 4.98 Å². The van der Waals surface area contributed by atoms with E-state index in [9.17, 15) is 0 Å². The average Bonchev–Trinajstić information content (AvgIpc) is 1.77. The summed E-state index contributed by atoms with van der Waals surface area (Å²) >= 11 is 5.60. The van der Waals surface area contributed by atoms with Crippen molar-refractivity contribution in [2.75, 3.05) is 0 Å². The van der Waals surface area contributed by atoms with Crippen LogP contribution in [0.2, 0.25) is 5.02 Å². The van der Waals surface area contributed by atoms with Crippen molar-refractivity contribution in [1.29, 1.82) is 0 Å². The van der Waals surface area contributed by atoms with Crippen molar-refractivity contribution in [2.24, 2.45) is 0 Å². The summed E-state index contributed by atoms with van der Waals surface area (Å²) in [5, 5.41) is 1.52. The first-order valence-corrected chi connectivity index (χ1v) is 2.99. The van der Waals surface area contributed by atoms with Gasteiger partial charge in [-0.1, -0.05) is 11.6 Å².